The minimum atomic E-state index is -0.456. The molecule has 2 rings (SSSR count). The number of anilines is 1. The number of rotatable bonds is 4. The zero-order valence-electron chi connectivity index (χ0n) is 11.2. The second-order valence-corrected chi connectivity index (χ2v) is 5.13. The van der Waals surface area contributed by atoms with Gasteiger partial charge in [-0.15, -0.1) is 11.3 Å². The number of aromatic nitrogens is 1. The molecule has 0 aliphatic heterocycles. The van der Waals surface area contributed by atoms with Crippen LogP contribution in [0.4, 0.5) is 5.00 Å². The molecule has 20 heavy (non-hydrogen) atoms. The molecule has 0 unspecified atom stereocenters. The van der Waals surface area contributed by atoms with Crippen LogP contribution in [0.3, 0.4) is 0 Å². The van der Waals surface area contributed by atoms with Crippen molar-refractivity contribution in [1.82, 2.24) is 4.98 Å². The van der Waals surface area contributed by atoms with Crippen molar-refractivity contribution >= 4 is 28.2 Å². The number of aryl methyl sites for hydroxylation is 1. The SMILES string of the molecule is CCc1cc(C(=O)OC)c(NC(=O)c2cccnc2)s1. The predicted octanol–water partition coefficient (Wildman–Crippen LogP) is 2.74. The number of nitrogens with zero attached hydrogens (tertiary/aromatic N) is 1. The summed E-state index contributed by atoms with van der Waals surface area (Å²) in [5.41, 5.74) is 0.821. The van der Waals surface area contributed by atoms with E-state index < -0.39 is 5.97 Å². The van der Waals surface area contributed by atoms with Crippen molar-refractivity contribution in [2.75, 3.05) is 12.4 Å². The van der Waals surface area contributed by atoms with Crippen molar-refractivity contribution < 1.29 is 14.3 Å². The minimum absolute atomic E-state index is 0.298. The van der Waals surface area contributed by atoms with Crippen LogP contribution in [0.2, 0.25) is 0 Å². The van der Waals surface area contributed by atoms with Gasteiger partial charge in [0.2, 0.25) is 0 Å². The second-order valence-electron chi connectivity index (χ2n) is 4.00. The van der Waals surface area contributed by atoms with Crippen LogP contribution in [0.1, 0.15) is 32.5 Å². The molecular weight excluding hydrogens is 276 g/mol. The summed E-state index contributed by atoms with van der Waals surface area (Å²) in [4.78, 5) is 28.7. The molecule has 1 N–H and O–H groups in total. The molecule has 0 atom stereocenters. The normalized spacial score (nSPS) is 10.1. The van der Waals surface area contributed by atoms with Gasteiger partial charge in [-0.05, 0) is 24.6 Å². The van der Waals surface area contributed by atoms with Crippen LogP contribution in [0.25, 0.3) is 0 Å². The first kappa shape index (κ1) is 14.2. The highest BCUT2D eigenvalue weighted by Gasteiger charge is 2.18. The first-order valence-corrected chi connectivity index (χ1v) is 6.89. The molecule has 6 heteroatoms. The Labute approximate surface area is 120 Å². The third-order valence-electron chi connectivity index (χ3n) is 2.69. The molecule has 104 valence electrons. The highest BCUT2D eigenvalue weighted by molar-refractivity contribution is 7.16. The van der Waals surface area contributed by atoms with Gasteiger partial charge in [0.15, 0.2) is 0 Å². The van der Waals surface area contributed by atoms with Crippen molar-refractivity contribution in [3.05, 3.63) is 46.6 Å². The molecule has 2 aromatic rings. The van der Waals surface area contributed by atoms with Gasteiger partial charge in [0.1, 0.15) is 5.00 Å². The molecular formula is C14H14N2O3S. The summed E-state index contributed by atoms with van der Waals surface area (Å²) in [6.45, 7) is 1.99. The molecule has 0 aliphatic rings. The van der Waals surface area contributed by atoms with Crippen molar-refractivity contribution in [2.24, 2.45) is 0 Å². The number of ether oxygens (including phenoxy) is 1. The average Bonchev–Trinajstić information content (AvgIpc) is 2.90. The van der Waals surface area contributed by atoms with Gasteiger partial charge < -0.3 is 10.1 Å². The molecule has 0 saturated heterocycles. The quantitative estimate of drug-likeness (QED) is 0.879. The lowest BCUT2D eigenvalue weighted by molar-refractivity contribution is 0.0602. The number of esters is 1. The van der Waals surface area contributed by atoms with Gasteiger partial charge in [-0.1, -0.05) is 6.92 Å². The van der Waals surface area contributed by atoms with Gasteiger partial charge in [-0.2, -0.15) is 0 Å². The largest absolute Gasteiger partial charge is 0.465 e. The third-order valence-corrected chi connectivity index (χ3v) is 3.88. The summed E-state index contributed by atoms with van der Waals surface area (Å²) in [6.07, 6.45) is 3.86. The maximum atomic E-state index is 12.1. The fourth-order valence-electron chi connectivity index (χ4n) is 1.64. The van der Waals surface area contributed by atoms with Crippen molar-refractivity contribution in [3.63, 3.8) is 0 Å². The molecule has 0 bridgehead atoms. The Bertz CT molecular complexity index is 623. The Hall–Kier alpha value is -2.21. The van der Waals surface area contributed by atoms with Crippen molar-refractivity contribution in [3.8, 4) is 0 Å². The number of hydrogen-bond acceptors (Lipinski definition) is 5. The van der Waals surface area contributed by atoms with Crippen molar-refractivity contribution in [2.45, 2.75) is 13.3 Å². The van der Waals surface area contributed by atoms with Crippen LogP contribution in [-0.4, -0.2) is 24.0 Å². The van der Waals surface area contributed by atoms with Crippen molar-refractivity contribution in [1.29, 1.82) is 0 Å². The van der Waals surface area contributed by atoms with E-state index in [1.165, 1.54) is 24.6 Å². The standard InChI is InChI=1S/C14H14N2O3S/c1-3-10-7-11(14(18)19-2)13(20-10)16-12(17)9-5-4-6-15-8-9/h4-8H,3H2,1-2H3,(H,16,17). The van der Waals surface area contributed by atoms with E-state index in [0.29, 0.717) is 16.1 Å². The van der Waals surface area contributed by atoms with Crippen LogP contribution in [0.15, 0.2) is 30.6 Å². The van der Waals surface area contributed by atoms with Gasteiger partial charge in [0.05, 0.1) is 18.2 Å². The molecule has 2 aromatic heterocycles. The number of carbonyl (C=O) groups excluding carboxylic acids is 2. The van der Waals surface area contributed by atoms with Gasteiger partial charge in [-0.3, -0.25) is 9.78 Å². The number of methoxy groups -OCH3 is 1. The Morgan fingerprint density at radius 1 is 1.45 bits per heavy atom. The third kappa shape index (κ3) is 3.03. The number of thiophene rings is 1. The van der Waals surface area contributed by atoms with Crippen LogP contribution in [0.5, 0.6) is 0 Å². The maximum Gasteiger partial charge on any atom is 0.340 e. The van der Waals surface area contributed by atoms with Gasteiger partial charge in [0, 0.05) is 17.3 Å². The van der Waals surface area contributed by atoms with Crippen LogP contribution in [-0.2, 0) is 11.2 Å². The summed E-state index contributed by atoms with van der Waals surface area (Å²) in [7, 11) is 1.32. The van der Waals surface area contributed by atoms with E-state index in [-0.39, 0.29) is 5.91 Å². The first-order chi connectivity index (χ1) is 9.65. The number of amides is 1. The van der Waals surface area contributed by atoms with E-state index in [1.807, 2.05) is 6.92 Å². The number of carbonyl (C=O) groups is 2. The van der Waals surface area contributed by atoms with Gasteiger partial charge in [0.25, 0.3) is 5.91 Å². The summed E-state index contributed by atoms with van der Waals surface area (Å²) >= 11 is 1.37. The Morgan fingerprint density at radius 2 is 2.25 bits per heavy atom. The Kier molecular flexibility index (Phi) is 4.47. The molecule has 0 aromatic carbocycles. The molecule has 1 amide bonds. The summed E-state index contributed by atoms with van der Waals surface area (Å²) in [6, 6.07) is 5.09. The molecule has 2 heterocycles. The lowest BCUT2D eigenvalue weighted by Gasteiger charge is -2.04. The van der Waals surface area contributed by atoms with E-state index in [0.717, 1.165) is 11.3 Å². The number of pyridine rings is 1. The molecule has 0 spiro atoms. The summed E-state index contributed by atoms with van der Waals surface area (Å²) in [5.74, 6) is -0.754. The van der Waals surface area contributed by atoms with E-state index in [4.69, 9.17) is 4.74 Å². The highest BCUT2D eigenvalue weighted by Crippen LogP contribution is 2.29. The van der Waals surface area contributed by atoms with E-state index >= 15 is 0 Å². The van der Waals surface area contributed by atoms with E-state index in [9.17, 15) is 9.59 Å². The predicted molar refractivity (Wildman–Crippen MR) is 77.2 cm³/mol. The molecule has 0 aliphatic carbocycles. The highest BCUT2D eigenvalue weighted by atomic mass is 32.1. The summed E-state index contributed by atoms with van der Waals surface area (Å²) in [5, 5.41) is 3.24. The Balaban J connectivity index is 2.26. The number of nitrogens with one attached hydrogen (secondary N) is 1. The van der Waals surface area contributed by atoms with E-state index in [1.54, 1.807) is 24.4 Å². The monoisotopic (exact) mass is 290 g/mol. The lowest BCUT2D eigenvalue weighted by atomic mass is 10.2. The second kappa shape index (κ2) is 6.29. The average molecular weight is 290 g/mol. The maximum absolute atomic E-state index is 12.1. The minimum Gasteiger partial charge on any atom is -0.465 e. The molecule has 0 saturated carbocycles. The van der Waals surface area contributed by atoms with E-state index in [2.05, 4.69) is 10.3 Å². The van der Waals surface area contributed by atoms with Gasteiger partial charge >= 0.3 is 5.97 Å². The van der Waals surface area contributed by atoms with Gasteiger partial charge in [-0.25, -0.2) is 4.79 Å². The zero-order valence-corrected chi connectivity index (χ0v) is 12.0. The first-order valence-electron chi connectivity index (χ1n) is 6.08. The smallest absolute Gasteiger partial charge is 0.340 e. The molecule has 0 fully saturated rings. The molecule has 0 radical (unpaired) electrons. The fourth-order valence-corrected chi connectivity index (χ4v) is 2.62. The molecule has 5 nitrogen and oxygen atoms in total. The topological polar surface area (TPSA) is 68.3 Å². The van der Waals surface area contributed by atoms with Crippen LogP contribution >= 0.6 is 11.3 Å². The lowest BCUT2D eigenvalue weighted by Crippen LogP contribution is -2.13. The Morgan fingerprint density at radius 3 is 2.85 bits per heavy atom. The zero-order chi connectivity index (χ0) is 14.5. The number of hydrogen-bond donors (Lipinski definition) is 1. The fraction of sp³-hybridized carbons (Fsp3) is 0.214. The summed E-state index contributed by atoms with van der Waals surface area (Å²) < 4.78 is 4.73. The van der Waals surface area contributed by atoms with Crippen LogP contribution < -0.4 is 5.32 Å². The van der Waals surface area contributed by atoms with Crippen LogP contribution in [0, 0.1) is 0 Å².